The van der Waals surface area contributed by atoms with E-state index in [0.29, 0.717) is 6.42 Å². The molecule has 1 aliphatic heterocycles. The molecule has 1 aliphatic rings. The number of rotatable bonds is 4. The average Bonchev–Trinajstić information content (AvgIpc) is 3.05. The molecular weight excluding hydrogens is 426 g/mol. The molecule has 0 unspecified atom stereocenters. The van der Waals surface area contributed by atoms with Crippen molar-refractivity contribution in [3.8, 4) is 6.07 Å². The van der Waals surface area contributed by atoms with Gasteiger partial charge in [-0.2, -0.15) is 31.6 Å². The molecule has 0 aromatic heterocycles. The van der Waals surface area contributed by atoms with Crippen molar-refractivity contribution >= 4 is 14.0 Å². The minimum atomic E-state index is -4.78. The normalized spacial score (nSPS) is 19.7. The summed E-state index contributed by atoms with van der Waals surface area (Å²) in [6.07, 6.45) is -11.0. The standard InChI is InChI=1S/C20H26F6N2OSi/c1-18(2,3)30(4,5)29-17(20(24,25)26)16-7-6-10-28(16)14-9-8-13(12-27)15(11-14)19(21,22)23/h8-9,11,16-17H,6-7,10H2,1-5H3/t16-,17-/m1/s1. The lowest BCUT2D eigenvalue weighted by molar-refractivity contribution is -0.203. The van der Waals surface area contributed by atoms with E-state index in [1.807, 2.05) is 20.8 Å². The maximum absolute atomic E-state index is 14.0. The molecule has 0 aliphatic carbocycles. The zero-order chi connectivity index (χ0) is 23.1. The van der Waals surface area contributed by atoms with Crippen LogP contribution in [0.1, 0.15) is 44.7 Å². The third kappa shape index (κ3) is 5.11. The summed E-state index contributed by atoms with van der Waals surface area (Å²) in [5.74, 6) is 0. The summed E-state index contributed by atoms with van der Waals surface area (Å²) in [6, 6.07) is 3.39. The SMILES string of the molecule is CC(C)(C)[Si](C)(C)O[C@H]([C@H]1CCCN1c1ccc(C#N)c(C(F)(F)F)c1)C(F)(F)F. The molecule has 1 fully saturated rings. The largest absolute Gasteiger partial charge is 0.417 e. The fraction of sp³-hybridized carbons (Fsp3) is 0.650. The zero-order valence-corrected chi connectivity index (χ0v) is 18.6. The van der Waals surface area contributed by atoms with E-state index in [0.717, 1.165) is 12.1 Å². The van der Waals surface area contributed by atoms with Crippen molar-refractivity contribution in [3.63, 3.8) is 0 Å². The van der Waals surface area contributed by atoms with Crippen LogP contribution in [0.25, 0.3) is 0 Å². The number of halogens is 6. The van der Waals surface area contributed by atoms with E-state index in [2.05, 4.69) is 0 Å². The van der Waals surface area contributed by atoms with Crippen LogP contribution in [0, 0.1) is 11.3 Å². The number of nitriles is 1. The van der Waals surface area contributed by atoms with Gasteiger partial charge in [-0.1, -0.05) is 20.8 Å². The van der Waals surface area contributed by atoms with Crippen molar-refractivity contribution in [2.24, 2.45) is 0 Å². The molecule has 10 heteroatoms. The first-order valence-electron chi connectivity index (χ1n) is 9.61. The summed E-state index contributed by atoms with van der Waals surface area (Å²) in [6.45, 7) is 9.10. The predicted molar refractivity (Wildman–Crippen MR) is 105 cm³/mol. The highest BCUT2D eigenvalue weighted by atomic mass is 28.4. The number of hydrogen-bond donors (Lipinski definition) is 0. The van der Waals surface area contributed by atoms with E-state index in [1.54, 1.807) is 13.1 Å². The molecule has 1 heterocycles. The molecule has 2 atom stereocenters. The van der Waals surface area contributed by atoms with E-state index in [1.165, 1.54) is 17.0 Å². The van der Waals surface area contributed by atoms with Gasteiger partial charge in [0.15, 0.2) is 14.4 Å². The van der Waals surface area contributed by atoms with Gasteiger partial charge in [-0.3, -0.25) is 0 Å². The second-order valence-corrected chi connectivity index (χ2v) is 13.8. The quantitative estimate of drug-likeness (QED) is 0.387. The van der Waals surface area contributed by atoms with Crippen LogP contribution >= 0.6 is 0 Å². The third-order valence-corrected chi connectivity index (χ3v) is 10.4. The van der Waals surface area contributed by atoms with E-state index < -0.39 is 49.0 Å². The van der Waals surface area contributed by atoms with Crippen LogP contribution in [-0.4, -0.2) is 33.2 Å². The van der Waals surface area contributed by atoms with Gasteiger partial charge in [0.2, 0.25) is 0 Å². The lowest BCUT2D eigenvalue weighted by Crippen LogP contribution is -2.55. The second kappa shape index (κ2) is 8.08. The Hall–Kier alpha value is -1.73. The topological polar surface area (TPSA) is 36.3 Å². The Labute approximate surface area is 173 Å². The first-order valence-corrected chi connectivity index (χ1v) is 12.5. The van der Waals surface area contributed by atoms with Gasteiger partial charge in [0.25, 0.3) is 0 Å². The summed E-state index contributed by atoms with van der Waals surface area (Å²) in [7, 11) is -2.80. The molecule has 168 valence electrons. The van der Waals surface area contributed by atoms with Gasteiger partial charge in [-0.05, 0) is 49.2 Å². The van der Waals surface area contributed by atoms with Gasteiger partial charge in [0.05, 0.1) is 23.2 Å². The lowest BCUT2D eigenvalue weighted by Gasteiger charge is -2.43. The van der Waals surface area contributed by atoms with E-state index in [-0.39, 0.29) is 18.7 Å². The summed E-state index contributed by atoms with van der Waals surface area (Å²) >= 11 is 0. The van der Waals surface area contributed by atoms with E-state index in [4.69, 9.17) is 9.69 Å². The fourth-order valence-corrected chi connectivity index (χ4v) is 4.61. The molecule has 0 bridgehead atoms. The Kier molecular flexibility index (Phi) is 6.60. The lowest BCUT2D eigenvalue weighted by atomic mass is 10.0. The maximum Gasteiger partial charge on any atom is 0.417 e. The molecule has 0 N–H and O–H groups in total. The zero-order valence-electron chi connectivity index (χ0n) is 17.6. The smallest absolute Gasteiger partial charge is 0.404 e. The first kappa shape index (κ1) is 24.5. The van der Waals surface area contributed by atoms with Crippen LogP contribution in [0.3, 0.4) is 0 Å². The van der Waals surface area contributed by atoms with Crippen molar-refractivity contribution in [1.29, 1.82) is 5.26 Å². The number of nitrogens with zero attached hydrogens (tertiary/aromatic N) is 2. The van der Waals surface area contributed by atoms with Crippen molar-refractivity contribution < 1.29 is 30.8 Å². The van der Waals surface area contributed by atoms with Crippen molar-refractivity contribution in [1.82, 2.24) is 0 Å². The molecule has 0 spiro atoms. The predicted octanol–water partition coefficient (Wildman–Crippen LogP) is 6.50. The van der Waals surface area contributed by atoms with E-state index >= 15 is 0 Å². The summed E-state index contributed by atoms with van der Waals surface area (Å²) in [5, 5.41) is 8.50. The molecule has 0 radical (unpaired) electrons. The monoisotopic (exact) mass is 452 g/mol. The number of benzene rings is 1. The van der Waals surface area contributed by atoms with Gasteiger partial charge in [0, 0.05) is 12.2 Å². The Balaban J connectivity index is 2.47. The number of anilines is 1. The third-order valence-electron chi connectivity index (χ3n) is 5.96. The Morgan fingerprint density at radius 2 is 1.73 bits per heavy atom. The first-order chi connectivity index (χ1) is 13.5. The van der Waals surface area contributed by atoms with Crippen LogP contribution in [0.5, 0.6) is 0 Å². The van der Waals surface area contributed by atoms with Crippen LogP contribution in [0.4, 0.5) is 32.0 Å². The van der Waals surface area contributed by atoms with Crippen molar-refractivity contribution in [3.05, 3.63) is 29.3 Å². The Morgan fingerprint density at radius 1 is 1.13 bits per heavy atom. The average molecular weight is 453 g/mol. The molecule has 2 rings (SSSR count). The van der Waals surface area contributed by atoms with Gasteiger partial charge >= 0.3 is 12.4 Å². The molecular formula is C20H26F6N2OSi. The molecule has 0 saturated carbocycles. The number of hydrogen-bond acceptors (Lipinski definition) is 3. The minimum Gasteiger partial charge on any atom is -0.404 e. The summed E-state index contributed by atoms with van der Waals surface area (Å²) in [4.78, 5) is 1.34. The van der Waals surface area contributed by atoms with Crippen LogP contribution in [-0.2, 0) is 10.6 Å². The number of alkyl halides is 6. The highest BCUT2D eigenvalue weighted by Crippen LogP contribution is 2.43. The summed E-state index contributed by atoms with van der Waals surface area (Å²) in [5.41, 5.74) is -1.70. The summed E-state index contributed by atoms with van der Waals surface area (Å²) < 4.78 is 87.8. The van der Waals surface area contributed by atoms with Crippen LogP contribution in [0.15, 0.2) is 18.2 Å². The minimum absolute atomic E-state index is 0.0110. The molecule has 1 saturated heterocycles. The fourth-order valence-electron chi connectivity index (χ4n) is 3.33. The van der Waals surface area contributed by atoms with Gasteiger partial charge in [-0.25, -0.2) is 0 Å². The van der Waals surface area contributed by atoms with Gasteiger partial charge in [0.1, 0.15) is 0 Å². The van der Waals surface area contributed by atoms with Crippen molar-refractivity contribution in [2.75, 3.05) is 11.4 Å². The molecule has 1 aromatic carbocycles. The molecule has 0 amide bonds. The van der Waals surface area contributed by atoms with Crippen LogP contribution in [0.2, 0.25) is 18.1 Å². The Bertz CT molecular complexity index is 807. The van der Waals surface area contributed by atoms with Gasteiger partial charge in [-0.15, -0.1) is 0 Å². The second-order valence-electron chi connectivity index (χ2n) is 9.08. The maximum atomic E-state index is 14.0. The molecule has 1 aromatic rings. The Morgan fingerprint density at radius 3 is 2.20 bits per heavy atom. The van der Waals surface area contributed by atoms with Crippen molar-refractivity contribution in [2.45, 2.75) is 76.2 Å². The molecule has 30 heavy (non-hydrogen) atoms. The molecule has 3 nitrogen and oxygen atoms in total. The van der Waals surface area contributed by atoms with E-state index in [9.17, 15) is 26.3 Å². The highest BCUT2D eigenvalue weighted by Gasteiger charge is 2.53. The highest BCUT2D eigenvalue weighted by molar-refractivity contribution is 6.74. The van der Waals surface area contributed by atoms with Gasteiger partial charge < -0.3 is 9.33 Å². The van der Waals surface area contributed by atoms with Crippen LogP contribution < -0.4 is 4.90 Å².